The van der Waals surface area contributed by atoms with E-state index in [2.05, 4.69) is 32.6 Å². The normalized spacial score (nSPS) is 11.7. The van der Waals surface area contributed by atoms with Crippen LogP contribution < -0.4 is 10.3 Å². The second-order valence-corrected chi connectivity index (χ2v) is 7.23. The van der Waals surface area contributed by atoms with E-state index >= 15 is 0 Å². The molecule has 130 valence electrons. The number of aromatic nitrogens is 3. The SMILES string of the molecule is COc1ccc2[nH]cc(/C=C/c3nc4ccc(I)cc4c(=O)n3C)c2c1. The van der Waals surface area contributed by atoms with Crippen molar-refractivity contribution in [3.8, 4) is 5.75 Å². The minimum absolute atomic E-state index is 0.0474. The molecule has 0 amide bonds. The number of nitrogens with zero attached hydrogens (tertiary/aromatic N) is 2. The van der Waals surface area contributed by atoms with Gasteiger partial charge < -0.3 is 9.72 Å². The zero-order valence-corrected chi connectivity index (χ0v) is 16.4. The second kappa shape index (κ2) is 6.60. The Labute approximate surface area is 163 Å². The van der Waals surface area contributed by atoms with E-state index in [4.69, 9.17) is 4.74 Å². The Balaban J connectivity index is 1.81. The van der Waals surface area contributed by atoms with Gasteiger partial charge in [0.2, 0.25) is 0 Å². The van der Waals surface area contributed by atoms with Gasteiger partial charge in [-0.3, -0.25) is 9.36 Å². The summed E-state index contributed by atoms with van der Waals surface area (Å²) < 4.78 is 7.90. The monoisotopic (exact) mass is 457 g/mol. The molecule has 4 aromatic rings. The number of benzene rings is 2. The highest BCUT2D eigenvalue weighted by molar-refractivity contribution is 14.1. The molecule has 1 N–H and O–H groups in total. The topological polar surface area (TPSA) is 59.9 Å². The first-order valence-electron chi connectivity index (χ1n) is 8.06. The zero-order chi connectivity index (χ0) is 18.3. The third-order valence-corrected chi connectivity index (χ3v) is 5.08. The van der Waals surface area contributed by atoms with Crippen molar-refractivity contribution in [3.63, 3.8) is 0 Å². The lowest BCUT2D eigenvalue weighted by molar-refractivity contribution is 0.415. The van der Waals surface area contributed by atoms with Crippen molar-refractivity contribution in [2.24, 2.45) is 7.05 Å². The fourth-order valence-corrected chi connectivity index (χ4v) is 3.45. The number of nitrogens with one attached hydrogen (secondary N) is 1. The molecule has 26 heavy (non-hydrogen) atoms. The average Bonchev–Trinajstić information content (AvgIpc) is 3.06. The summed E-state index contributed by atoms with van der Waals surface area (Å²) in [4.78, 5) is 20.5. The van der Waals surface area contributed by atoms with Gasteiger partial charge in [-0.1, -0.05) is 0 Å². The van der Waals surface area contributed by atoms with E-state index in [0.717, 1.165) is 25.8 Å². The molecule has 6 heteroatoms. The molecule has 2 aromatic carbocycles. The first kappa shape index (κ1) is 16.8. The van der Waals surface area contributed by atoms with Crippen LogP contribution in [-0.4, -0.2) is 21.6 Å². The van der Waals surface area contributed by atoms with Crippen molar-refractivity contribution in [1.82, 2.24) is 14.5 Å². The Bertz CT molecular complexity index is 1220. The Hall–Kier alpha value is -2.61. The van der Waals surface area contributed by atoms with Crippen molar-refractivity contribution < 1.29 is 4.74 Å². The molecule has 2 aromatic heterocycles. The van der Waals surface area contributed by atoms with Gasteiger partial charge in [0.15, 0.2) is 0 Å². The van der Waals surface area contributed by atoms with Crippen molar-refractivity contribution in [1.29, 1.82) is 0 Å². The summed E-state index contributed by atoms with van der Waals surface area (Å²) >= 11 is 2.20. The quantitative estimate of drug-likeness (QED) is 0.470. The standard InChI is InChI=1S/C20H16IN3O2/c1-24-19(23-18-6-4-13(21)9-16(18)20(24)25)8-3-12-11-22-17-7-5-14(26-2)10-15(12)17/h3-11,22H,1-2H3/b8-3+. The summed E-state index contributed by atoms with van der Waals surface area (Å²) in [6.45, 7) is 0. The van der Waals surface area contributed by atoms with Crippen LogP contribution in [0.2, 0.25) is 0 Å². The molecule has 4 rings (SSSR count). The minimum Gasteiger partial charge on any atom is -0.497 e. The van der Waals surface area contributed by atoms with Gasteiger partial charge in [-0.05, 0) is 71.1 Å². The van der Waals surface area contributed by atoms with E-state index in [1.165, 1.54) is 0 Å². The molecular weight excluding hydrogens is 441 g/mol. The van der Waals surface area contributed by atoms with Crippen molar-refractivity contribution in [2.45, 2.75) is 0 Å². The van der Waals surface area contributed by atoms with Gasteiger partial charge in [0.1, 0.15) is 11.6 Å². The maximum absolute atomic E-state index is 12.6. The molecule has 0 aliphatic rings. The Morgan fingerprint density at radius 3 is 2.81 bits per heavy atom. The molecule has 0 spiro atoms. The summed E-state index contributed by atoms with van der Waals surface area (Å²) in [7, 11) is 3.39. The molecule has 0 bridgehead atoms. The minimum atomic E-state index is -0.0474. The maximum Gasteiger partial charge on any atom is 0.261 e. The van der Waals surface area contributed by atoms with Crippen LogP contribution in [0.15, 0.2) is 47.4 Å². The van der Waals surface area contributed by atoms with Crippen molar-refractivity contribution >= 4 is 56.5 Å². The van der Waals surface area contributed by atoms with E-state index < -0.39 is 0 Å². The predicted octanol–water partition coefficient (Wildman–Crippen LogP) is 4.20. The van der Waals surface area contributed by atoms with Gasteiger partial charge in [-0.15, -0.1) is 0 Å². The number of ether oxygens (including phenoxy) is 1. The second-order valence-electron chi connectivity index (χ2n) is 5.98. The third kappa shape index (κ3) is 2.90. The summed E-state index contributed by atoms with van der Waals surface area (Å²) in [5.41, 5.74) is 2.69. The number of rotatable bonds is 3. The average molecular weight is 457 g/mol. The number of methoxy groups -OCH3 is 1. The van der Waals surface area contributed by atoms with Gasteiger partial charge in [0.25, 0.3) is 5.56 Å². The van der Waals surface area contributed by atoms with Crippen LogP contribution in [0.4, 0.5) is 0 Å². The summed E-state index contributed by atoms with van der Waals surface area (Å²) in [6.07, 6.45) is 5.75. The van der Waals surface area contributed by atoms with Gasteiger partial charge in [0.05, 0.1) is 18.0 Å². The Morgan fingerprint density at radius 1 is 1.15 bits per heavy atom. The Kier molecular flexibility index (Phi) is 4.28. The lowest BCUT2D eigenvalue weighted by atomic mass is 10.1. The number of hydrogen-bond donors (Lipinski definition) is 1. The zero-order valence-electron chi connectivity index (χ0n) is 14.3. The molecular formula is C20H16IN3O2. The molecule has 0 radical (unpaired) electrons. The van der Waals surface area contributed by atoms with Crippen molar-refractivity contribution in [3.05, 3.63) is 67.9 Å². The molecule has 0 atom stereocenters. The van der Waals surface area contributed by atoms with E-state index in [-0.39, 0.29) is 5.56 Å². The highest BCUT2D eigenvalue weighted by Crippen LogP contribution is 2.25. The lowest BCUT2D eigenvalue weighted by Gasteiger charge is -2.06. The molecule has 0 aliphatic heterocycles. The third-order valence-electron chi connectivity index (χ3n) is 4.41. The number of halogens is 1. The van der Waals surface area contributed by atoms with E-state index in [9.17, 15) is 4.79 Å². The molecule has 2 heterocycles. The molecule has 5 nitrogen and oxygen atoms in total. The van der Waals surface area contributed by atoms with E-state index in [0.29, 0.717) is 16.7 Å². The van der Waals surface area contributed by atoms with Crippen LogP contribution in [0, 0.1) is 3.57 Å². The highest BCUT2D eigenvalue weighted by Gasteiger charge is 2.07. The molecule has 0 unspecified atom stereocenters. The fourth-order valence-electron chi connectivity index (χ4n) is 2.96. The number of fused-ring (bicyclic) bond motifs is 2. The summed E-state index contributed by atoms with van der Waals surface area (Å²) in [5.74, 6) is 1.42. The fraction of sp³-hybridized carbons (Fsp3) is 0.100. The number of H-pyrrole nitrogens is 1. The van der Waals surface area contributed by atoms with E-state index in [1.807, 2.05) is 54.7 Å². The van der Waals surface area contributed by atoms with Crippen molar-refractivity contribution in [2.75, 3.05) is 7.11 Å². The van der Waals surface area contributed by atoms with Gasteiger partial charge in [-0.25, -0.2) is 4.98 Å². The number of hydrogen-bond acceptors (Lipinski definition) is 3. The summed E-state index contributed by atoms with van der Waals surface area (Å²) in [5, 5.41) is 1.69. The molecule has 0 aliphatic carbocycles. The molecule has 0 saturated heterocycles. The van der Waals surface area contributed by atoms with Crippen LogP contribution in [0.5, 0.6) is 5.75 Å². The highest BCUT2D eigenvalue weighted by atomic mass is 127. The molecule has 0 fully saturated rings. The number of aromatic amines is 1. The maximum atomic E-state index is 12.6. The van der Waals surface area contributed by atoms with E-state index in [1.54, 1.807) is 18.7 Å². The van der Waals surface area contributed by atoms with Crippen LogP contribution in [0.3, 0.4) is 0 Å². The van der Waals surface area contributed by atoms with Crippen LogP contribution in [-0.2, 0) is 7.05 Å². The largest absolute Gasteiger partial charge is 0.497 e. The van der Waals surface area contributed by atoms with Gasteiger partial charge in [0, 0.05) is 33.3 Å². The lowest BCUT2D eigenvalue weighted by Crippen LogP contribution is -2.20. The Morgan fingerprint density at radius 2 is 2.00 bits per heavy atom. The first-order valence-corrected chi connectivity index (χ1v) is 9.14. The smallest absolute Gasteiger partial charge is 0.261 e. The van der Waals surface area contributed by atoms with Crippen LogP contribution >= 0.6 is 22.6 Å². The summed E-state index contributed by atoms with van der Waals surface area (Å²) in [6, 6.07) is 11.6. The van der Waals surface area contributed by atoms with Gasteiger partial charge >= 0.3 is 0 Å². The van der Waals surface area contributed by atoms with Gasteiger partial charge in [-0.2, -0.15) is 0 Å². The first-order chi connectivity index (χ1) is 12.6. The molecule has 0 saturated carbocycles. The van der Waals surface area contributed by atoms with Crippen LogP contribution in [0.1, 0.15) is 11.4 Å². The van der Waals surface area contributed by atoms with Crippen LogP contribution in [0.25, 0.3) is 34.0 Å². The predicted molar refractivity (Wildman–Crippen MR) is 113 cm³/mol.